The van der Waals surface area contributed by atoms with Crippen LogP contribution in [0.3, 0.4) is 0 Å². The Morgan fingerprint density at radius 3 is 2.58 bits per heavy atom. The van der Waals surface area contributed by atoms with Crippen LogP contribution >= 0.6 is 0 Å². The molecule has 1 aromatic heterocycles. The Labute approximate surface area is 114 Å². The van der Waals surface area contributed by atoms with Crippen molar-refractivity contribution < 1.29 is 4.74 Å². The second-order valence-corrected chi connectivity index (χ2v) is 4.43. The zero-order valence-electron chi connectivity index (χ0n) is 11.8. The molecule has 0 saturated carbocycles. The smallest absolute Gasteiger partial charge is 0.207 e. The maximum absolute atomic E-state index is 5.46. The van der Waals surface area contributed by atoms with Gasteiger partial charge in [0.15, 0.2) is 0 Å². The van der Waals surface area contributed by atoms with E-state index in [0.717, 1.165) is 36.0 Å². The molecule has 0 bridgehead atoms. The summed E-state index contributed by atoms with van der Waals surface area (Å²) >= 11 is 0. The van der Waals surface area contributed by atoms with Gasteiger partial charge in [-0.2, -0.15) is 0 Å². The maximum Gasteiger partial charge on any atom is 0.207 e. The Morgan fingerprint density at radius 1 is 1.21 bits per heavy atom. The number of hydrogen-bond acceptors (Lipinski definition) is 3. The SMILES string of the molecule is CCCNc1nc(C)cn1-c1ccc(OCC)cc1. The highest BCUT2D eigenvalue weighted by Crippen LogP contribution is 2.19. The van der Waals surface area contributed by atoms with Crippen LogP contribution in [-0.2, 0) is 0 Å². The van der Waals surface area contributed by atoms with Gasteiger partial charge >= 0.3 is 0 Å². The second kappa shape index (κ2) is 6.27. The summed E-state index contributed by atoms with van der Waals surface area (Å²) in [6.07, 6.45) is 3.11. The summed E-state index contributed by atoms with van der Waals surface area (Å²) < 4.78 is 7.53. The van der Waals surface area contributed by atoms with Crippen LogP contribution in [-0.4, -0.2) is 22.7 Å². The average Bonchev–Trinajstić information content (AvgIpc) is 2.79. The van der Waals surface area contributed by atoms with Crippen molar-refractivity contribution >= 4 is 5.95 Å². The largest absolute Gasteiger partial charge is 0.494 e. The van der Waals surface area contributed by atoms with Gasteiger partial charge < -0.3 is 10.1 Å². The lowest BCUT2D eigenvalue weighted by atomic mass is 10.3. The number of aryl methyl sites for hydroxylation is 1. The molecule has 4 nitrogen and oxygen atoms in total. The maximum atomic E-state index is 5.46. The van der Waals surface area contributed by atoms with Crippen molar-refractivity contribution in [1.29, 1.82) is 0 Å². The molecule has 0 aliphatic rings. The van der Waals surface area contributed by atoms with Crippen molar-refractivity contribution in [1.82, 2.24) is 9.55 Å². The number of anilines is 1. The van der Waals surface area contributed by atoms with E-state index in [4.69, 9.17) is 4.74 Å². The molecule has 1 aromatic carbocycles. The topological polar surface area (TPSA) is 39.1 Å². The number of nitrogens with one attached hydrogen (secondary N) is 1. The predicted octanol–water partition coefficient (Wildman–Crippen LogP) is 3.40. The van der Waals surface area contributed by atoms with Crippen molar-refractivity contribution in [3.63, 3.8) is 0 Å². The fraction of sp³-hybridized carbons (Fsp3) is 0.400. The van der Waals surface area contributed by atoms with Gasteiger partial charge in [-0.1, -0.05) is 6.92 Å². The zero-order valence-corrected chi connectivity index (χ0v) is 11.8. The molecule has 1 heterocycles. The molecular formula is C15H21N3O. The van der Waals surface area contributed by atoms with E-state index in [1.807, 2.05) is 44.3 Å². The third-order valence-corrected chi connectivity index (χ3v) is 2.79. The first kappa shape index (κ1) is 13.5. The van der Waals surface area contributed by atoms with Crippen LogP contribution in [0.15, 0.2) is 30.5 Å². The molecule has 0 spiro atoms. The van der Waals surface area contributed by atoms with Crippen LogP contribution in [0, 0.1) is 6.92 Å². The molecule has 0 unspecified atom stereocenters. The molecular weight excluding hydrogens is 238 g/mol. The standard InChI is InChI=1S/C15H21N3O/c1-4-10-16-15-17-12(3)11-18(15)13-6-8-14(9-7-13)19-5-2/h6-9,11H,4-5,10H2,1-3H3,(H,16,17). The van der Waals surface area contributed by atoms with Crippen LogP contribution in [0.25, 0.3) is 5.69 Å². The van der Waals surface area contributed by atoms with Gasteiger partial charge in [0.1, 0.15) is 5.75 Å². The first-order chi connectivity index (χ1) is 9.24. The first-order valence-corrected chi connectivity index (χ1v) is 6.77. The van der Waals surface area contributed by atoms with Crippen molar-refractivity contribution in [2.75, 3.05) is 18.5 Å². The predicted molar refractivity (Wildman–Crippen MR) is 78.3 cm³/mol. The van der Waals surface area contributed by atoms with E-state index in [2.05, 4.69) is 21.8 Å². The quantitative estimate of drug-likeness (QED) is 0.864. The first-order valence-electron chi connectivity index (χ1n) is 6.77. The third-order valence-electron chi connectivity index (χ3n) is 2.79. The molecule has 0 fully saturated rings. The number of imidazole rings is 1. The highest BCUT2D eigenvalue weighted by molar-refractivity contribution is 5.45. The highest BCUT2D eigenvalue weighted by atomic mass is 16.5. The fourth-order valence-electron chi connectivity index (χ4n) is 1.93. The number of nitrogens with zero attached hydrogens (tertiary/aromatic N) is 2. The van der Waals surface area contributed by atoms with Crippen LogP contribution in [0.4, 0.5) is 5.95 Å². The number of hydrogen-bond donors (Lipinski definition) is 1. The molecule has 102 valence electrons. The number of benzene rings is 1. The molecule has 1 N–H and O–H groups in total. The molecule has 0 radical (unpaired) electrons. The van der Waals surface area contributed by atoms with Gasteiger partial charge in [-0.05, 0) is 44.5 Å². The van der Waals surface area contributed by atoms with E-state index < -0.39 is 0 Å². The lowest BCUT2D eigenvalue weighted by molar-refractivity contribution is 0.340. The highest BCUT2D eigenvalue weighted by Gasteiger charge is 2.06. The van der Waals surface area contributed by atoms with E-state index in [-0.39, 0.29) is 0 Å². The molecule has 0 saturated heterocycles. The third kappa shape index (κ3) is 3.28. The Balaban J connectivity index is 2.24. The monoisotopic (exact) mass is 259 g/mol. The van der Waals surface area contributed by atoms with Crippen molar-refractivity contribution in [3.8, 4) is 11.4 Å². The normalized spacial score (nSPS) is 10.5. The van der Waals surface area contributed by atoms with Crippen LogP contribution in [0.1, 0.15) is 26.0 Å². The Kier molecular flexibility index (Phi) is 4.44. The van der Waals surface area contributed by atoms with E-state index in [9.17, 15) is 0 Å². The van der Waals surface area contributed by atoms with Gasteiger partial charge in [-0.15, -0.1) is 0 Å². The zero-order chi connectivity index (χ0) is 13.7. The molecule has 0 amide bonds. The molecule has 0 aliphatic carbocycles. The van der Waals surface area contributed by atoms with E-state index in [1.165, 1.54) is 0 Å². The number of ether oxygens (including phenoxy) is 1. The summed E-state index contributed by atoms with van der Waals surface area (Å²) in [5.74, 6) is 1.79. The molecule has 19 heavy (non-hydrogen) atoms. The van der Waals surface area contributed by atoms with Gasteiger partial charge in [0.25, 0.3) is 0 Å². The van der Waals surface area contributed by atoms with E-state index >= 15 is 0 Å². The number of rotatable bonds is 6. The van der Waals surface area contributed by atoms with Gasteiger partial charge in [-0.25, -0.2) is 4.98 Å². The van der Waals surface area contributed by atoms with E-state index in [0.29, 0.717) is 6.61 Å². The fourth-order valence-corrected chi connectivity index (χ4v) is 1.93. The average molecular weight is 259 g/mol. The molecule has 2 aromatic rings. The Morgan fingerprint density at radius 2 is 1.95 bits per heavy atom. The molecule has 2 rings (SSSR count). The minimum atomic E-state index is 0.687. The molecule has 0 aliphatic heterocycles. The Hall–Kier alpha value is -1.97. The van der Waals surface area contributed by atoms with Crippen LogP contribution in [0.2, 0.25) is 0 Å². The van der Waals surface area contributed by atoms with Crippen molar-refractivity contribution in [3.05, 3.63) is 36.2 Å². The number of aromatic nitrogens is 2. The Bertz CT molecular complexity index is 517. The minimum absolute atomic E-state index is 0.687. The van der Waals surface area contributed by atoms with Gasteiger partial charge in [-0.3, -0.25) is 4.57 Å². The summed E-state index contributed by atoms with van der Waals surface area (Å²) in [5.41, 5.74) is 2.09. The molecule has 0 atom stereocenters. The van der Waals surface area contributed by atoms with Gasteiger partial charge in [0.2, 0.25) is 5.95 Å². The lowest BCUT2D eigenvalue weighted by Crippen LogP contribution is -2.06. The summed E-state index contributed by atoms with van der Waals surface area (Å²) in [5, 5.41) is 3.34. The summed E-state index contributed by atoms with van der Waals surface area (Å²) in [6.45, 7) is 7.74. The summed E-state index contributed by atoms with van der Waals surface area (Å²) in [7, 11) is 0. The molecule has 4 heteroatoms. The van der Waals surface area contributed by atoms with Crippen LogP contribution in [0.5, 0.6) is 5.75 Å². The minimum Gasteiger partial charge on any atom is -0.494 e. The summed E-state index contributed by atoms with van der Waals surface area (Å²) in [6, 6.07) is 8.06. The van der Waals surface area contributed by atoms with Crippen LogP contribution < -0.4 is 10.1 Å². The second-order valence-electron chi connectivity index (χ2n) is 4.43. The van der Waals surface area contributed by atoms with Gasteiger partial charge in [0.05, 0.1) is 12.3 Å². The summed E-state index contributed by atoms with van der Waals surface area (Å²) in [4.78, 5) is 4.50. The van der Waals surface area contributed by atoms with Crippen molar-refractivity contribution in [2.45, 2.75) is 27.2 Å². The lowest BCUT2D eigenvalue weighted by Gasteiger charge is -2.10. The van der Waals surface area contributed by atoms with Crippen molar-refractivity contribution in [2.24, 2.45) is 0 Å². The van der Waals surface area contributed by atoms with E-state index in [1.54, 1.807) is 0 Å². The van der Waals surface area contributed by atoms with Gasteiger partial charge in [0, 0.05) is 18.4 Å².